The molecule has 1 aromatic rings. The lowest BCUT2D eigenvalue weighted by Gasteiger charge is -2.45. The van der Waals surface area contributed by atoms with Crippen molar-refractivity contribution in [2.75, 3.05) is 17.6 Å². The number of nitrogens with two attached hydrogens (primary N) is 1. The first kappa shape index (κ1) is 20.9. The molecule has 4 N–H and O–H groups in total. The minimum Gasteiger partial charge on any atom is -0.465 e. The van der Waals surface area contributed by atoms with Crippen LogP contribution in [0.5, 0.6) is 0 Å². The largest absolute Gasteiger partial charge is 0.465 e. The molecule has 0 aromatic heterocycles. The Labute approximate surface area is 146 Å². The van der Waals surface area contributed by atoms with E-state index in [0.29, 0.717) is 18.7 Å². The molecule has 25 heavy (non-hydrogen) atoms. The first-order valence-electron chi connectivity index (χ1n) is 7.90. The van der Waals surface area contributed by atoms with Crippen LogP contribution in [-0.2, 0) is 6.18 Å². The molecule has 0 aliphatic heterocycles. The van der Waals surface area contributed by atoms with Gasteiger partial charge in [-0.3, -0.25) is 4.90 Å². The summed E-state index contributed by atoms with van der Waals surface area (Å²) in [5, 5.41) is 12.5. The number of rotatable bonds is 5. The van der Waals surface area contributed by atoms with Gasteiger partial charge in [-0.05, 0) is 59.2 Å². The van der Waals surface area contributed by atoms with E-state index in [1.807, 2.05) is 34.6 Å². The topological polar surface area (TPSA) is 78.6 Å². The van der Waals surface area contributed by atoms with E-state index < -0.39 is 28.9 Å². The number of carboxylic acid groups (broad SMARTS) is 1. The fraction of sp³-hybridized carbons (Fsp3) is 0.588. The Balaban J connectivity index is 2.81. The van der Waals surface area contributed by atoms with E-state index in [9.17, 15) is 23.1 Å². The number of hydrogen-bond acceptors (Lipinski definition) is 3. The number of hydrogen-bond donors (Lipinski definition) is 3. The lowest BCUT2D eigenvalue weighted by Crippen LogP contribution is -2.57. The van der Waals surface area contributed by atoms with Crippen LogP contribution in [0.3, 0.4) is 0 Å². The van der Waals surface area contributed by atoms with Gasteiger partial charge in [-0.25, -0.2) is 4.79 Å². The zero-order valence-corrected chi connectivity index (χ0v) is 15.2. The molecule has 1 aromatic carbocycles. The van der Waals surface area contributed by atoms with Gasteiger partial charge in [0.05, 0.1) is 16.9 Å². The summed E-state index contributed by atoms with van der Waals surface area (Å²) >= 11 is 0. The molecule has 0 unspecified atom stereocenters. The molecule has 0 aliphatic carbocycles. The van der Waals surface area contributed by atoms with E-state index in [4.69, 9.17) is 5.73 Å². The summed E-state index contributed by atoms with van der Waals surface area (Å²) in [5.41, 5.74) is 4.01. The third kappa shape index (κ3) is 5.44. The van der Waals surface area contributed by atoms with Gasteiger partial charge in [0.25, 0.3) is 0 Å². The Bertz CT molecular complexity index is 623. The number of halogens is 3. The van der Waals surface area contributed by atoms with Crippen LogP contribution >= 0.6 is 0 Å². The van der Waals surface area contributed by atoms with Crippen molar-refractivity contribution < 1.29 is 23.1 Å². The minimum atomic E-state index is -4.44. The van der Waals surface area contributed by atoms with Gasteiger partial charge in [-0.15, -0.1) is 0 Å². The van der Waals surface area contributed by atoms with Gasteiger partial charge >= 0.3 is 12.3 Å². The molecule has 0 aliphatic rings. The Morgan fingerprint density at radius 3 is 2.16 bits per heavy atom. The van der Waals surface area contributed by atoms with Crippen LogP contribution in [-0.4, -0.2) is 33.7 Å². The zero-order valence-electron chi connectivity index (χ0n) is 15.2. The van der Waals surface area contributed by atoms with Crippen molar-refractivity contribution >= 4 is 17.5 Å². The highest BCUT2D eigenvalue weighted by Crippen LogP contribution is 2.33. The number of amides is 1. The second-order valence-corrected chi connectivity index (χ2v) is 7.58. The standard InChI is InChI=1S/C17H26F3N3O2/c1-15(2,3)23(14(24)25)16(4,5)8-9-22-13-7-6-11(10-12(13)21)17(18,19)20/h6-7,10,22H,8-9,21H2,1-5H3,(H,24,25). The molecule has 0 spiro atoms. The Morgan fingerprint density at radius 2 is 1.76 bits per heavy atom. The number of nitrogen functional groups attached to an aromatic ring is 1. The van der Waals surface area contributed by atoms with Crippen LogP contribution in [0, 0.1) is 0 Å². The van der Waals surface area contributed by atoms with Crippen molar-refractivity contribution in [3.63, 3.8) is 0 Å². The molecule has 0 radical (unpaired) electrons. The third-order valence-electron chi connectivity index (χ3n) is 3.90. The van der Waals surface area contributed by atoms with Gasteiger partial charge < -0.3 is 16.2 Å². The number of benzene rings is 1. The summed E-state index contributed by atoms with van der Waals surface area (Å²) < 4.78 is 37.9. The SMILES string of the molecule is CC(C)(C)N(C(=O)O)C(C)(C)CCNc1ccc(C(F)(F)F)cc1N. The summed E-state index contributed by atoms with van der Waals surface area (Å²) in [6.45, 7) is 9.41. The molecule has 0 saturated heterocycles. The monoisotopic (exact) mass is 361 g/mol. The Hall–Kier alpha value is -2.12. The maximum absolute atomic E-state index is 12.6. The molecule has 0 bridgehead atoms. The fourth-order valence-corrected chi connectivity index (χ4v) is 2.97. The quantitative estimate of drug-likeness (QED) is 0.667. The van der Waals surface area contributed by atoms with Gasteiger partial charge in [-0.1, -0.05) is 0 Å². The Morgan fingerprint density at radius 1 is 1.20 bits per heavy atom. The predicted octanol–water partition coefficient (Wildman–Crippen LogP) is 4.65. The van der Waals surface area contributed by atoms with Crippen LogP contribution in [0.15, 0.2) is 18.2 Å². The number of carbonyl (C=O) groups is 1. The number of nitrogens with one attached hydrogen (secondary N) is 1. The molecule has 0 fully saturated rings. The lowest BCUT2D eigenvalue weighted by atomic mass is 9.92. The van der Waals surface area contributed by atoms with Gasteiger partial charge in [-0.2, -0.15) is 13.2 Å². The van der Waals surface area contributed by atoms with Crippen LogP contribution in [0.1, 0.15) is 46.6 Å². The van der Waals surface area contributed by atoms with Crippen molar-refractivity contribution in [2.45, 2.75) is 58.3 Å². The summed E-state index contributed by atoms with van der Waals surface area (Å²) in [6.07, 6.45) is -5.01. The van der Waals surface area contributed by atoms with E-state index in [0.717, 1.165) is 12.1 Å². The van der Waals surface area contributed by atoms with E-state index in [1.54, 1.807) is 0 Å². The maximum Gasteiger partial charge on any atom is 0.416 e. The lowest BCUT2D eigenvalue weighted by molar-refractivity contribution is -0.137. The summed E-state index contributed by atoms with van der Waals surface area (Å²) in [5.74, 6) is 0. The second-order valence-electron chi connectivity index (χ2n) is 7.58. The zero-order chi connectivity index (χ0) is 19.6. The maximum atomic E-state index is 12.6. The molecule has 8 heteroatoms. The first-order chi connectivity index (χ1) is 11.2. The van der Waals surface area contributed by atoms with Crippen molar-refractivity contribution in [3.05, 3.63) is 23.8 Å². The van der Waals surface area contributed by atoms with Crippen molar-refractivity contribution in [2.24, 2.45) is 0 Å². The molecular weight excluding hydrogens is 335 g/mol. The molecule has 0 atom stereocenters. The fourth-order valence-electron chi connectivity index (χ4n) is 2.97. The molecular formula is C17H26F3N3O2. The van der Waals surface area contributed by atoms with Gasteiger partial charge in [0.1, 0.15) is 0 Å². The summed E-state index contributed by atoms with van der Waals surface area (Å²) in [6, 6.07) is 3.12. The van der Waals surface area contributed by atoms with Crippen molar-refractivity contribution in [1.82, 2.24) is 4.90 Å². The molecule has 1 amide bonds. The highest BCUT2D eigenvalue weighted by Gasteiger charge is 2.38. The van der Waals surface area contributed by atoms with E-state index in [2.05, 4.69) is 5.32 Å². The number of alkyl halides is 3. The normalized spacial score (nSPS) is 12.8. The van der Waals surface area contributed by atoms with Crippen LogP contribution in [0.4, 0.5) is 29.3 Å². The second kappa shape index (κ2) is 7.01. The first-order valence-corrected chi connectivity index (χ1v) is 7.90. The van der Waals surface area contributed by atoms with Gasteiger partial charge in [0.15, 0.2) is 0 Å². The van der Waals surface area contributed by atoms with Crippen molar-refractivity contribution in [3.8, 4) is 0 Å². The van der Waals surface area contributed by atoms with Crippen LogP contribution in [0.25, 0.3) is 0 Å². The van der Waals surface area contributed by atoms with Crippen molar-refractivity contribution in [1.29, 1.82) is 0 Å². The average Bonchev–Trinajstić information content (AvgIpc) is 2.36. The van der Waals surface area contributed by atoms with E-state index in [1.165, 1.54) is 11.0 Å². The minimum absolute atomic E-state index is 0.00135. The van der Waals surface area contributed by atoms with Crippen LogP contribution in [0.2, 0.25) is 0 Å². The highest BCUT2D eigenvalue weighted by atomic mass is 19.4. The van der Waals surface area contributed by atoms with E-state index >= 15 is 0 Å². The highest BCUT2D eigenvalue weighted by molar-refractivity contribution is 5.68. The van der Waals surface area contributed by atoms with Gasteiger partial charge in [0.2, 0.25) is 0 Å². The molecule has 142 valence electrons. The predicted molar refractivity (Wildman–Crippen MR) is 92.7 cm³/mol. The molecule has 1 rings (SSSR count). The Kier molecular flexibility index (Phi) is 5.87. The smallest absolute Gasteiger partial charge is 0.416 e. The number of anilines is 2. The summed E-state index contributed by atoms with van der Waals surface area (Å²) in [4.78, 5) is 13.0. The van der Waals surface area contributed by atoms with Gasteiger partial charge in [0, 0.05) is 17.6 Å². The van der Waals surface area contributed by atoms with Crippen LogP contribution < -0.4 is 11.1 Å². The molecule has 5 nitrogen and oxygen atoms in total. The molecule has 0 heterocycles. The number of nitrogens with zero attached hydrogens (tertiary/aromatic N) is 1. The molecule has 0 saturated carbocycles. The average molecular weight is 361 g/mol. The third-order valence-corrected chi connectivity index (χ3v) is 3.90. The van der Waals surface area contributed by atoms with E-state index in [-0.39, 0.29) is 5.69 Å². The summed E-state index contributed by atoms with van der Waals surface area (Å²) in [7, 11) is 0.